The van der Waals surface area contributed by atoms with Gasteiger partial charge in [-0.25, -0.2) is 9.59 Å². The Balaban J connectivity index is 1.46. The van der Waals surface area contributed by atoms with Crippen LogP contribution in [-0.4, -0.2) is 82.0 Å². The number of benzene rings is 2. The van der Waals surface area contributed by atoms with Crippen LogP contribution in [0.5, 0.6) is 0 Å². The van der Waals surface area contributed by atoms with E-state index in [4.69, 9.17) is 16.3 Å². The molecule has 16 heteroatoms. The highest BCUT2D eigenvalue weighted by molar-refractivity contribution is 7.99. The zero-order chi connectivity index (χ0) is 44.0. The molecule has 0 bridgehead atoms. The topological polar surface area (TPSA) is 88.0 Å². The molecule has 0 unspecified atom stereocenters. The maximum atomic E-state index is 15.9. The van der Waals surface area contributed by atoms with Gasteiger partial charge in [0.25, 0.3) is 5.91 Å². The first-order valence-electron chi connectivity index (χ1n) is 20.7. The lowest BCUT2D eigenvalue weighted by molar-refractivity contribution is -0.137. The summed E-state index contributed by atoms with van der Waals surface area (Å²) < 4.78 is 55.8. The molecule has 3 atom stereocenters. The van der Waals surface area contributed by atoms with Crippen molar-refractivity contribution in [3.63, 3.8) is 0 Å². The summed E-state index contributed by atoms with van der Waals surface area (Å²) in [4.78, 5) is 52.2. The van der Waals surface area contributed by atoms with Crippen LogP contribution < -0.4 is 15.1 Å². The Kier molecular flexibility index (Phi) is 11.9. The Labute approximate surface area is 364 Å². The highest BCUT2D eigenvalue weighted by atomic mass is 35.5. The molecule has 324 valence electrons. The lowest BCUT2D eigenvalue weighted by atomic mass is 10.0. The molecular weight excluding hydrogens is 847 g/mol. The van der Waals surface area contributed by atoms with Crippen LogP contribution in [0.15, 0.2) is 46.1 Å². The largest absolute Gasteiger partial charge is 0.444 e. The zero-order valence-electron chi connectivity index (χ0n) is 36.2. The molecule has 4 aromatic rings. The number of rotatable bonds is 7. The van der Waals surface area contributed by atoms with Gasteiger partial charge in [-0.15, -0.1) is 23.1 Å². The normalized spacial score (nSPS) is 20.2. The molecule has 5 heterocycles. The first-order chi connectivity index (χ1) is 28.0. The van der Waals surface area contributed by atoms with Crippen molar-refractivity contribution in [3.8, 4) is 10.4 Å². The van der Waals surface area contributed by atoms with E-state index >= 15 is 13.2 Å². The number of aromatic nitrogens is 2. The Bertz CT molecular complexity index is 2380. The van der Waals surface area contributed by atoms with Gasteiger partial charge in [0, 0.05) is 62.7 Å². The fourth-order valence-electron chi connectivity index (χ4n) is 10.4. The molecular formula is C44H55ClF3N5O4S2Si. The summed E-state index contributed by atoms with van der Waals surface area (Å²) in [7, 11) is -2.41. The van der Waals surface area contributed by atoms with Crippen molar-refractivity contribution in [2.75, 3.05) is 23.7 Å². The van der Waals surface area contributed by atoms with E-state index in [2.05, 4.69) is 46.5 Å². The molecule has 9 nitrogen and oxygen atoms in total. The standard InChI is InChI=1S/C44H55ClF3N5O4S2Si/c1-23(2)60(24(3)4,25(5)6)40-33(45)17-34(59-40)35-32(44(46,47)48)16-31-36-37(35)58-22-29(51-20-28-14-12-13-15-30(28)39(51)54)21-52(36)41(55)49-38(31)50-18-26(7)53(27(8)19-50)42(56)57-43(9,10)11/h12-17,23-27,29H,18-22H2,1-11H3/t26-,27+,29-/m0/s1. The number of hydrogen-bond acceptors (Lipinski definition) is 8. The number of alkyl halides is 3. The molecule has 0 aliphatic carbocycles. The average molecular weight is 903 g/mol. The van der Waals surface area contributed by atoms with Gasteiger partial charge in [0.1, 0.15) is 19.5 Å². The van der Waals surface area contributed by atoms with E-state index in [0.29, 0.717) is 32.4 Å². The highest BCUT2D eigenvalue weighted by Crippen LogP contribution is 2.52. The van der Waals surface area contributed by atoms with Gasteiger partial charge in [-0.3, -0.25) is 14.3 Å². The molecule has 3 aliphatic rings. The molecule has 7 rings (SSSR count). The molecule has 2 aromatic carbocycles. The Morgan fingerprint density at radius 1 is 0.950 bits per heavy atom. The second-order valence-electron chi connectivity index (χ2n) is 18.6. The summed E-state index contributed by atoms with van der Waals surface area (Å²) in [6.07, 6.45) is -5.28. The summed E-state index contributed by atoms with van der Waals surface area (Å²) >= 11 is 9.80. The van der Waals surface area contributed by atoms with Gasteiger partial charge in [-0.2, -0.15) is 18.2 Å². The number of thiophene rings is 1. The molecule has 0 N–H and O–H groups in total. The van der Waals surface area contributed by atoms with Gasteiger partial charge < -0.3 is 14.5 Å². The molecule has 0 radical (unpaired) electrons. The summed E-state index contributed by atoms with van der Waals surface area (Å²) in [6, 6.07) is 8.87. The van der Waals surface area contributed by atoms with Crippen molar-refractivity contribution in [2.45, 2.75) is 141 Å². The SMILES string of the molecule is CC(C)[Si](c1sc(-c2c(C(F)(F)F)cc3c(N4C[C@@H](C)N(C(=O)OC(C)(C)C)[C@@H](C)C4)nc(=O)n4c3c2SC[C@@H](N2Cc3ccccc3C2=O)C4)cc1Cl)(C(C)C)C(C)C. The van der Waals surface area contributed by atoms with Crippen molar-refractivity contribution >= 4 is 76.0 Å². The molecule has 0 spiro atoms. The quantitative estimate of drug-likeness (QED) is 0.171. The van der Waals surface area contributed by atoms with Crippen LogP contribution in [-0.2, 0) is 24.0 Å². The van der Waals surface area contributed by atoms with E-state index in [0.717, 1.165) is 16.1 Å². The number of hydrogen-bond donors (Lipinski definition) is 0. The third-order valence-corrected chi connectivity index (χ3v) is 23.5. The van der Waals surface area contributed by atoms with E-state index < -0.39 is 55.3 Å². The number of fused-ring (bicyclic) bond motifs is 1. The number of amides is 2. The first-order valence-corrected chi connectivity index (χ1v) is 25.1. The van der Waals surface area contributed by atoms with Gasteiger partial charge >= 0.3 is 18.0 Å². The molecule has 2 amide bonds. The third kappa shape index (κ3) is 7.56. The van der Waals surface area contributed by atoms with Crippen LogP contribution in [0.3, 0.4) is 0 Å². The Morgan fingerprint density at radius 3 is 2.13 bits per heavy atom. The first kappa shape index (κ1) is 44.5. The predicted molar refractivity (Wildman–Crippen MR) is 240 cm³/mol. The second-order valence-corrected chi connectivity index (χ2v) is 27.3. The van der Waals surface area contributed by atoms with Gasteiger partial charge in [-0.1, -0.05) is 71.3 Å². The van der Waals surface area contributed by atoms with Gasteiger partial charge in [-0.05, 0) is 75.0 Å². The van der Waals surface area contributed by atoms with Gasteiger partial charge in [0.15, 0.2) is 0 Å². The van der Waals surface area contributed by atoms with Crippen molar-refractivity contribution in [1.82, 2.24) is 19.4 Å². The smallest absolute Gasteiger partial charge is 0.417 e. The van der Waals surface area contributed by atoms with Crippen molar-refractivity contribution in [1.29, 1.82) is 0 Å². The number of ether oxygens (including phenoxy) is 1. The molecule has 0 saturated carbocycles. The molecule has 60 heavy (non-hydrogen) atoms. The lowest BCUT2D eigenvalue weighted by Gasteiger charge is -2.45. The minimum atomic E-state index is -4.80. The van der Waals surface area contributed by atoms with Crippen LogP contribution >= 0.6 is 34.7 Å². The van der Waals surface area contributed by atoms with E-state index in [1.165, 1.54) is 27.7 Å². The van der Waals surface area contributed by atoms with E-state index in [9.17, 15) is 14.4 Å². The third-order valence-electron chi connectivity index (χ3n) is 12.6. The fraction of sp³-hybridized carbons (Fsp3) is 0.545. The minimum absolute atomic E-state index is 0.00390. The average Bonchev–Trinajstić information content (AvgIpc) is 3.59. The minimum Gasteiger partial charge on any atom is -0.444 e. The van der Waals surface area contributed by atoms with Crippen LogP contribution in [0.25, 0.3) is 21.3 Å². The Hall–Kier alpha value is -3.53. The van der Waals surface area contributed by atoms with Crippen LogP contribution in [0.1, 0.15) is 97.6 Å². The molecule has 3 aliphatic heterocycles. The summed E-state index contributed by atoms with van der Waals surface area (Å²) in [5, 5.41) is 0.668. The number of halogens is 4. The summed E-state index contributed by atoms with van der Waals surface area (Å²) in [5.41, 5.74) is 0.402. The number of nitrogens with zero attached hydrogens (tertiary/aromatic N) is 5. The highest BCUT2D eigenvalue weighted by Gasteiger charge is 2.48. The monoisotopic (exact) mass is 901 g/mol. The Morgan fingerprint density at radius 2 is 1.57 bits per heavy atom. The van der Waals surface area contributed by atoms with Crippen molar-refractivity contribution in [3.05, 3.63) is 68.6 Å². The van der Waals surface area contributed by atoms with Crippen LogP contribution in [0.2, 0.25) is 21.6 Å². The number of anilines is 1. The maximum Gasteiger partial charge on any atom is 0.417 e. The number of carbonyl (C=O) groups is 2. The summed E-state index contributed by atoms with van der Waals surface area (Å²) in [5.74, 6) is 0.202. The lowest BCUT2D eigenvalue weighted by Crippen LogP contribution is -2.59. The van der Waals surface area contributed by atoms with Crippen LogP contribution in [0, 0.1) is 0 Å². The zero-order valence-corrected chi connectivity index (χ0v) is 39.6. The molecule has 1 saturated heterocycles. The number of carbonyl (C=O) groups excluding carboxylic acids is 2. The van der Waals surface area contributed by atoms with Crippen molar-refractivity contribution in [2.24, 2.45) is 0 Å². The van der Waals surface area contributed by atoms with E-state index in [1.54, 1.807) is 42.7 Å². The van der Waals surface area contributed by atoms with Crippen molar-refractivity contribution < 1.29 is 27.5 Å². The molecule has 2 aromatic heterocycles. The maximum absolute atomic E-state index is 15.9. The van der Waals surface area contributed by atoms with Gasteiger partial charge in [0.2, 0.25) is 0 Å². The van der Waals surface area contributed by atoms with E-state index in [1.807, 2.05) is 36.9 Å². The fourth-order valence-corrected chi connectivity index (χ4v) is 22.7. The number of piperazine rings is 1. The van der Waals surface area contributed by atoms with E-state index in [-0.39, 0.29) is 64.7 Å². The van der Waals surface area contributed by atoms with Crippen LogP contribution in [0.4, 0.5) is 23.8 Å². The number of thioether (sulfide) groups is 1. The van der Waals surface area contributed by atoms with Gasteiger partial charge in [0.05, 0.1) is 34.2 Å². The predicted octanol–water partition coefficient (Wildman–Crippen LogP) is 10.6. The summed E-state index contributed by atoms with van der Waals surface area (Å²) in [6.45, 7) is 23.1. The molecule has 1 fully saturated rings. The second kappa shape index (κ2) is 16.0.